The molecule has 0 aliphatic rings. The molecule has 2 heteroatoms. The summed E-state index contributed by atoms with van der Waals surface area (Å²) in [7, 11) is 0. The first-order chi connectivity index (χ1) is 6.88. The van der Waals surface area contributed by atoms with Crippen molar-refractivity contribution in [1.29, 1.82) is 0 Å². The molecule has 15 heavy (non-hydrogen) atoms. The average Bonchev–Trinajstić information content (AvgIpc) is 2.24. The zero-order valence-electron chi connectivity index (χ0n) is 10.9. The van der Waals surface area contributed by atoms with E-state index < -0.39 is 0 Å². The summed E-state index contributed by atoms with van der Waals surface area (Å²) in [5, 5.41) is 0. The van der Waals surface area contributed by atoms with Gasteiger partial charge in [0.1, 0.15) is 0 Å². The third-order valence-electron chi connectivity index (χ3n) is 3.08. The smallest absolute Gasteiger partial charge is 0.0243 e. The summed E-state index contributed by atoms with van der Waals surface area (Å²) in [6.07, 6.45) is 3.98. The fourth-order valence-electron chi connectivity index (χ4n) is 1.24. The number of nitrogens with zero attached hydrogens (tertiary/aromatic N) is 1. The second-order valence-electron chi connectivity index (χ2n) is 4.53. The van der Waals surface area contributed by atoms with Crippen LogP contribution in [0.15, 0.2) is 24.2 Å². The average molecular weight is 210 g/mol. The van der Waals surface area contributed by atoms with Gasteiger partial charge in [0.25, 0.3) is 0 Å². The van der Waals surface area contributed by atoms with Gasteiger partial charge in [-0.25, -0.2) is 0 Å². The Hall–Kier alpha value is -0.920. The maximum Gasteiger partial charge on any atom is 0.0243 e. The lowest BCUT2D eigenvalue weighted by Crippen LogP contribution is -2.27. The van der Waals surface area contributed by atoms with Crippen LogP contribution >= 0.6 is 0 Å². The third-order valence-corrected chi connectivity index (χ3v) is 3.08. The predicted molar refractivity (Wildman–Crippen MR) is 68.2 cm³/mol. The monoisotopic (exact) mass is 210 g/mol. The molecule has 0 fully saturated rings. The number of allylic oxidation sites excluding steroid dienone is 2. The Balaban J connectivity index is 4.77. The fourth-order valence-corrected chi connectivity index (χ4v) is 1.24. The van der Waals surface area contributed by atoms with Crippen LogP contribution in [0.5, 0.6) is 0 Å². The highest BCUT2D eigenvalue weighted by Gasteiger charge is 2.22. The van der Waals surface area contributed by atoms with E-state index in [1.54, 1.807) is 0 Å². The number of nitrogens with two attached hydrogens (primary N) is 1. The zero-order chi connectivity index (χ0) is 12.1. The number of hydrogen-bond acceptors (Lipinski definition) is 2. The van der Waals surface area contributed by atoms with Crippen LogP contribution in [-0.2, 0) is 0 Å². The first kappa shape index (κ1) is 14.1. The van der Waals surface area contributed by atoms with Gasteiger partial charge < -0.3 is 10.6 Å². The molecule has 0 heterocycles. The van der Waals surface area contributed by atoms with Crippen LogP contribution in [0.1, 0.15) is 47.5 Å². The van der Waals surface area contributed by atoms with Gasteiger partial charge in [-0.05, 0) is 19.8 Å². The molecule has 0 spiro atoms. The lowest BCUT2D eigenvalue weighted by Gasteiger charge is -2.33. The van der Waals surface area contributed by atoms with Crippen LogP contribution in [0.25, 0.3) is 0 Å². The molecule has 0 aromatic carbocycles. The van der Waals surface area contributed by atoms with E-state index in [1.807, 2.05) is 6.20 Å². The summed E-state index contributed by atoms with van der Waals surface area (Å²) in [4.78, 5) is 2.16. The van der Waals surface area contributed by atoms with Crippen molar-refractivity contribution in [2.45, 2.75) is 47.5 Å². The molecule has 0 rings (SSSR count). The van der Waals surface area contributed by atoms with E-state index in [4.69, 9.17) is 5.73 Å². The van der Waals surface area contributed by atoms with E-state index in [9.17, 15) is 0 Å². The van der Waals surface area contributed by atoms with Crippen molar-refractivity contribution in [1.82, 2.24) is 4.90 Å². The van der Waals surface area contributed by atoms with Gasteiger partial charge in [0.2, 0.25) is 0 Å². The largest absolute Gasteiger partial charge is 0.401 e. The van der Waals surface area contributed by atoms with Crippen molar-refractivity contribution in [2.75, 3.05) is 6.54 Å². The van der Waals surface area contributed by atoms with E-state index >= 15 is 0 Å². The Morgan fingerprint density at radius 3 is 2.20 bits per heavy atom. The van der Waals surface area contributed by atoms with Crippen LogP contribution in [0, 0.1) is 5.41 Å². The third kappa shape index (κ3) is 3.98. The van der Waals surface area contributed by atoms with Gasteiger partial charge in [0.15, 0.2) is 0 Å². The molecule has 0 aliphatic heterocycles. The van der Waals surface area contributed by atoms with E-state index in [1.165, 1.54) is 0 Å². The van der Waals surface area contributed by atoms with Gasteiger partial charge in [-0.15, -0.1) is 0 Å². The summed E-state index contributed by atoms with van der Waals surface area (Å²) in [6, 6.07) is 0. The van der Waals surface area contributed by atoms with Crippen molar-refractivity contribution < 1.29 is 0 Å². The Morgan fingerprint density at radius 1 is 1.33 bits per heavy atom. The van der Waals surface area contributed by atoms with Gasteiger partial charge in [-0.1, -0.05) is 34.3 Å². The van der Waals surface area contributed by atoms with Crippen molar-refractivity contribution in [2.24, 2.45) is 11.1 Å². The maximum atomic E-state index is 5.85. The molecule has 0 bridgehead atoms. The van der Waals surface area contributed by atoms with Gasteiger partial charge in [0, 0.05) is 29.6 Å². The molecule has 0 aliphatic carbocycles. The summed E-state index contributed by atoms with van der Waals surface area (Å²) in [6.45, 7) is 15.9. The van der Waals surface area contributed by atoms with Crippen LogP contribution in [0.3, 0.4) is 0 Å². The summed E-state index contributed by atoms with van der Waals surface area (Å²) >= 11 is 0. The van der Waals surface area contributed by atoms with Gasteiger partial charge in [-0.2, -0.15) is 0 Å². The molecule has 2 N–H and O–H groups in total. The lowest BCUT2D eigenvalue weighted by atomic mass is 9.86. The van der Waals surface area contributed by atoms with Crippen molar-refractivity contribution in [3.05, 3.63) is 24.2 Å². The zero-order valence-corrected chi connectivity index (χ0v) is 10.9. The first-order valence-corrected chi connectivity index (χ1v) is 5.81. The lowest BCUT2D eigenvalue weighted by molar-refractivity contribution is 0.314. The predicted octanol–water partition coefficient (Wildman–Crippen LogP) is 3.47. The minimum Gasteiger partial charge on any atom is -0.401 e. The molecule has 0 unspecified atom stereocenters. The summed E-state index contributed by atoms with van der Waals surface area (Å²) < 4.78 is 0. The van der Waals surface area contributed by atoms with Crippen LogP contribution in [0.2, 0.25) is 0 Å². The molecular formula is C13H26N2. The summed E-state index contributed by atoms with van der Waals surface area (Å²) in [5.74, 6) is 0. The van der Waals surface area contributed by atoms with E-state index in [-0.39, 0.29) is 5.41 Å². The standard InChI is InChI=1S/C13H26N2/c1-7-12(14)10-15(9-3)11(4)13(5,6)8-2/h10H,4,7-9,14H2,1-3,5-6H3/b12-10-. The highest BCUT2D eigenvalue weighted by Crippen LogP contribution is 2.31. The summed E-state index contributed by atoms with van der Waals surface area (Å²) in [5.41, 5.74) is 8.04. The highest BCUT2D eigenvalue weighted by atomic mass is 15.1. The van der Waals surface area contributed by atoms with E-state index in [0.29, 0.717) is 0 Å². The minimum absolute atomic E-state index is 0.139. The van der Waals surface area contributed by atoms with Gasteiger partial charge >= 0.3 is 0 Å². The van der Waals surface area contributed by atoms with Crippen LogP contribution in [0.4, 0.5) is 0 Å². The van der Waals surface area contributed by atoms with Gasteiger partial charge in [-0.3, -0.25) is 0 Å². The molecule has 0 aromatic heterocycles. The number of rotatable bonds is 6. The Labute approximate surface area is 94.8 Å². The molecule has 0 atom stereocenters. The van der Waals surface area contributed by atoms with Gasteiger partial charge in [0.05, 0.1) is 0 Å². The Kier molecular flexibility index (Phi) is 5.48. The molecule has 88 valence electrons. The van der Waals surface area contributed by atoms with Crippen LogP contribution < -0.4 is 5.73 Å². The Morgan fingerprint density at radius 2 is 1.87 bits per heavy atom. The van der Waals surface area contributed by atoms with E-state index in [0.717, 1.165) is 30.8 Å². The van der Waals surface area contributed by atoms with Crippen molar-refractivity contribution >= 4 is 0 Å². The number of hydrogen-bond donors (Lipinski definition) is 1. The molecule has 0 saturated heterocycles. The second kappa shape index (κ2) is 5.84. The van der Waals surface area contributed by atoms with Crippen molar-refractivity contribution in [3.8, 4) is 0 Å². The van der Waals surface area contributed by atoms with E-state index in [2.05, 4.69) is 46.1 Å². The topological polar surface area (TPSA) is 29.3 Å². The quantitative estimate of drug-likeness (QED) is 0.727. The fraction of sp³-hybridized carbons (Fsp3) is 0.692. The van der Waals surface area contributed by atoms with Crippen LogP contribution in [-0.4, -0.2) is 11.4 Å². The highest BCUT2D eigenvalue weighted by molar-refractivity contribution is 5.11. The Bertz CT molecular complexity index is 239. The minimum atomic E-state index is 0.139. The van der Waals surface area contributed by atoms with Crippen molar-refractivity contribution in [3.63, 3.8) is 0 Å². The SMILES string of the molecule is C=C(N(/C=C(\N)CC)CC)C(C)(C)CC. The first-order valence-electron chi connectivity index (χ1n) is 5.81. The molecule has 2 nitrogen and oxygen atoms in total. The second-order valence-corrected chi connectivity index (χ2v) is 4.53. The molecule has 0 aromatic rings. The molecule has 0 saturated carbocycles. The maximum absolute atomic E-state index is 5.85. The molecule has 0 radical (unpaired) electrons. The molecular weight excluding hydrogens is 184 g/mol. The normalized spacial score (nSPS) is 12.7. The molecule has 0 amide bonds.